The van der Waals surface area contributed by atoms with Gasteiger partial charge >= 0.3 is 6.09 Å². The van der Waals surface area contributed by atoms with Gasteiger partial charge in [-0.3, -0.25) is 9.47 Å². The molecule has 0 radical (unpaired) electrons. The van der Waals surface area contributed by atoms with Crippen molar-refractivity contribution in [3.8, 4) is 22.6 Å². The summed E-state index contributed by atoms with van der Waals surface area (Å²) in [6.07, 6.45) is 2.86. The maximum Gasteiger partial charge on any atom is 0.410 e. The van der Waals surface area contributed by atoms with Crippen molar-refractivity contribution >= 4 is 11.8 Å². The minimum absolute atomic E-state index is 0.231. The van der Waals surface area contributed by atoms with Gasteiger partial charge in [0, 0.05) is 64.1 Å². The van der Waals surface area contributed by atoms with Crippen LogP contribution in [0.2, 0.25) is 0 Å². The van der Waals surface area contributed by atoms with E-state index in [1.807, 2.05) is 20.8 Å². The van der Waals surface area contributed by atoms with Crippen LogP contribution in [0.25, 0.3) is 16.8 Å². The number of morpholine rings is 1. The monoisotopic (exact) mass is 559 g/mol. The van der Waals surface area contributed by atoms with E-state index in [4.69, 9.17) is 19.2 Å². The molecule has 0 atom stereocenters. The zero-order valence-electron chi connectivity index (χ0n) is 24.7. The number of hydrogen-bond donors (Lipinski definition) is 0. The van der Waals surface area contributed by atoms with Gasteiger partial charge < -0.3 is 24.0 Å². The smallest absolute Gasteiger partial charge is 0.410 e. The van der Waals surface area contributed by atoms with Crippen LogP contribution in [-0.2, 0) is 22.5 Å². The quantitative estimate of drug-likeness (QED) is 0.450. The zero-order chi connectivity index (χ0) is 28.6. The number of rotatable bonds is 5. The number of carbonyl (C=O) groups is 1. The maximum atomic E-state index is 12.5. The largest absolute Gasteiger partial charge is 0.483 e. The molecular weight excluding hydrogens is 518 g/mol. The molecule has 0 unspecified atom stereocenters. The lowest BCUT2D eigenvalue weighted by Gasteiger charge is -2.37. The second-order valence-corrected chi connectivity index (χ2v) is 12.1. The molecule has 0 saturated carbocycles. The highest BCUT2D eigenvalue weighted by atomic mass is 16.6. The van der Waals surface area contributed by atoms with Gasteiger partial charge in [-0.25, -0.2) is 9.78 Å². The van der Waals surface area contributed by atoms with Gasteiger partial charge in [-0.1, -0.05) is 12.1 Å². The summed E-state index contributed by atoms with van der Waals surface area (Å²) < 4.78 is 19.4. The first kappa shape index (κ1) is 27.6. The van der Waals surface area contributed by atoms with Crippen molar-refractivity contribution in [2.24, 2.45) is 0 Å². The van der Waals surface area contributed by atoms with Crippen molar-refractivity contribution in [3.63, 3.8) is 0 Å². The Morgan fingerprint density at radius 1 is 0.951 bits per heavy atom. The zero-order valence-corrected chi connectivity index (χ0v) is 24.7. The first-order valence-corrected chi connectivity index (χ1v) is 14.7. The molecule has 9 heteroatoms. The van der Waals surface area contributed by atoms with Crippen LogP contribution in [0.15, 0.2) is 42.6 Å². The first-order valence-electron chi connectivity index (χ1n) is 14.7. The van der Waals surface area contributed by atoms with Crippen molar-refractivity contribution in [2.75, 3.05) is 63.9 Å². The number of piperazine rings is 1. The topological polar surface area (TPSA) is 72.3 Å². The molecule has 0 aliphatic carbocycles. The molecule has 9 nitrogen and oxygen atoms in total. The average Bonchev–Trinajstić information content (AvgIpc) is 3.39. The SMILES string of the molecule is Cc1cc(-c2ccc3c(c2)OCc2nc(CCN4CCOCC4)cn2-3)ccc1N1CCN(C(=O)OC(C)(C)C)CC1. The standard InChI is InChI=1S/C32H41N5O4/c1-23-19-24(5-7-27(23)35-11-13-36(14-12-35)31(38)41-32(2,3)4)25-6-8-28-29(20-25)40-22-30-33-26(21-37(28)30)9-10-34-15-17-39-18-16-34/h5-8,19-21H,9-18,22H2,1-4H3. The average molecular weight is 560 g/mol. The summed E-state index contributed by atoms with van der Waals surface area (Å²) in [5.41, 5.74) is 6.38. The second-order valence-electron chi connectivity index (χ2n) is 12.1. The lowest BCUT2D eigenvalue weighted by atomic mass is 10.0. The Kier molecular flexibility index (Phi) is 7.66. The Morgan fingerprint density at radius 2 is 1.66 bits per heavy atom. The number of ether oxygens (including phenoxy) is 3. The lowest BCUT2D eigenvalue weighted by Crippen LogP contribution is -2.50. The van der Waals surface area contributed by atoms with E-state index in [1.165, 1.54) is 11.3 Å². The molecule has 3 aromatic rings. The Hall–Kier alpha value is -3.56. The molecule has 3 aliphatic heterocycles. The van der Waals surface area contributed by atoms with Crippen LogP contribution < -0.4 is 9.64 Å². The summed E-state index contributed by atoms with van der Waals surface area (Å²) in [6.45, 7) is 15.8. The number of carbonyl (C=O) groups excluding carboxylic acids is 1. The van der Waals surface area contributed by atoms with Crippen molar-refractivity contribution in [3.05, 3.63) is 59.7 Å². The molecule has 0 bridgehead atoms. The molecule has 6 rings (SSSR count). The molecule has 0 spiro atoms. The van der Waals surface area contributed by atoms with E-state index < -0.39 is 5.60 Å². The third-order valence-electron chi connectivity index (χ3n) is 8.00. The predicted octanol–water partition coefficient (Wildman–Crippen LogP) is 4.67. The van der Waals surface area contributed by atoms with Crippen molar-refractivity contribution in [2.45, 2.75) is 46.3 Å². The van der Waals surface area contributed by atoms with Gasteiger partial charge in [0.2, 0.25) is 0 Å². The second kappa shape index (κ2) is 11.4. The van der Waals surface area contributed by atoms with Crippen LogP contribution in [0.5, 0.6) is 5.75 Å². The number of aromatic nitrogens is 2. The van der Waals surface area contributed by atoms with E-state index in [1.54, 1.807) is 4.90 Å². The third kappa shape index (κ3) is 6.21. The fourth-order valence-corrected chi connectivity index (χ4v) is 5.80. The third-order valence-corrected chi connectivity index (χ3v) is 8.00. The van der Waals surface area contributed by atoms with Gasteiger partial charge in [0.05, 0.1) is 24.6 Å². The van der Waals surface area contributed by atoms with Crippen LogP contribution in [0, 0.1) is 6.92 Å². The van der Waals surface area contributed by atoms with Gasteiger partial charge in [0.1, 0.15) is 18.0 Å². The number of benzene rings is 2. The first-order chi connectivity index (χ1) is 19.7. The lowest BCUT2D eigenvalue weighted by molar-refractivity contribution is 0.0240. The van der Waals surface area contributed by atoms with Gasteiger partial charge in [-0.05, 0) is 68.7 Å². The molecule has 4 heterocycles. The number of amides is 1. The number of fused-ring (bicyclic) bond motifs is 3. The molecule has 2 fully saturated rings. The van der Waals surface area contributed by atoms with Gasteiger partial charge in [0.25, 0.3) is 0 Å². The van der Waals surface area contributed by atoms with Crippen LogP contribution in [0.1, 0.15) is 37.9 Å². The van der Waals surface area contributed by atoms with Crippen molar-refractivity contribution in [1.82, 2.24) is 19.4 Å². The summed E-state index contributed by atoms with van der Waals surface area (Å²) in [6, 6.07) is 13.1. The summed E-state index contributed by atoms with van der Waals surface area (Å²) in [4.78, 5) is 23.9. The summed E-state index contributed by atoms with van der Waals surface area (Å²) >= 11 is 0. The Bertz CT molecular complexity index is 1400. The fourth-order valence-electron chi connectivity index (χ4n) is 5.80. The maximum absolute atomic E-state index is 12.5. The molecular formula is C32H41N5O4. The minimum Gasteiger partial charge on any atom is -0.483 e. The Morgan fingerprint density at radius 3 is 2.37 bits per heavy atom. The van der Waals surface area contributed by atoms with Crippen molar-refractivity contribution < 1.29 is 19.0 Å². The summed E-state index contributed by atoms with van der Waals surface area (Å²) in [5.74, 6) is 1.83. The number of imidazole rings is 1. The molecule has 0 N–H and O–H groups in total. The molecule has 1 amide bonds. The molecule has 3 aliphatic rings. The number of nitrogens with zero attached hydrogens (tertiary/aromatic N) is 5. The van der Waals surface area contributed by atoms with Gasteiger partial charge in [-0.2, -0.15) is 0 Å². The Balaban J connectivity index is 1.12. The number of anilines is 1. The molecule has 2 saturated heterocycles. The number of hydrogen-bond acceptors (Lipinski definition) is 7. The highest BCUT2D eigenvalue weighted by molar-refractivity contribution is 5.73. The van der Waals surface area contributed by atoms with E-state index in [2.05, 4.69) is 63.9 Å². The van der Waals surface area contributed by atoms with Crippen LogP contribution >= 0.6 is 0 Å². The van der Waals surface area contributed by atoms with E-state index in [9.17, 15) is 4.79 Å². The fraction of sp³-hybridized carbons (Fsp3) is 0.500. The summed E-state index contributed by atoms with van der Waals surface area (Å²) in [5, 5.41) is 0. The van der Waals surface area contributed by atoms with Gasteiger partial charge in [-0.15, -0.1) is 0 Å². The highest BCUT2D eigenvalue weighted by Gasteiger charge is 2.27. The van der Waals surface area contributed by atoms with Crippen molar-refractivity contribution in [1.29, 1.82) is 0 Å². The van der Waals surface area contributed by atoms with Gasteiger partial charge in [0.15, 0.2) is 5.82 Å². The van der Waals surface area contributed by atoms with E-state index in [0.29, 0.717) is 19.7 Å². The molecule has 41 heavy (non-hydrogen) atoms. The highest BCUT2D eigenvalue weighted by Crippen LogP contribution is 2.35. The van der Waals surface area contributed by atoms with E-state index in [-0.39, 0.29) is 6.09 Å². The summed E-state index contributed by atoms with van der Waals surface area (Å²) in [7, 11) is 0. The normalized spacial score (nSPS) is 17.6. The van der Waals surface area contributed by atoms with Crippen LogP contribution in [-0.4, -0.2) is 90.1 Å². The predicted molar refractivity (Wildman–Crippen MR) is 159 cm³/mol. The van der Waals surface area contributed by atoms with E-state index >= 15 is 0 Å². The van der Waals surface area contributed by atoms with Crippen LogP contribution in [0.4, 0.5) is 10.5 Å². The Labute approximate surface area is 242 Å². The number of aryl methyl sites for hydroxylation is 1. The van der Waals surface area contributed by atoms with Crippen LogP contribution in [0.3, 0.4) is 0 Å². The molecule has 1 aromatic heterocycles. The molecule has 218 valence electrons. The molecule has 2 aromatic carbocycles. The van der Waals surface area contributed by atoms with E-state index in [0.717, 1.165) is 86.4 Å². The minimum atomic E-state index is -0.477.